The van der Waals surface area contributed by atoms with Crippen molar-refractivity contribution < 1.29 is 41.8 Å². The standard InChI is InChI=1S/C49H57N5O9S/c1-47(2,3)31-20-23-34(24-21-31)64(59,60)53-43(55)36-18-14-15-19-37(36)51-44(56)40-27-33(29-54(40)45(57)42(48(4,5)6)52-46(58)63-49(7,8)9)62-41-28-38(30-16-12-11-13-17-30)50-39-26-32(61-10)22-25-35(39)41/h11-26,28,33,40,42H,27,29H2,1-10H3,(H,51,56)(H,52,58)(H,53,55)/t33-,40-,42-/m1/s1. The molecule has 0 spiro atoms. The van der Waals surface area contributed by atoms with Gasteiger partial charge in [-0.05, 0) is 73.6 Å². The molecule has 1 aliphatic rings. The van der Waals surface area contributed by atoms with E-state index in [9.17, 15) is 27.6 Å². The predicted octanol–water partition coefficient (Wildman–Crippen LogP) is 8.25. The number of rotatable bonds is 11. The summed E-state index contributed by atoms with van der Waals surface area (Å²) < 4.78 is 46.7. The number of para-hydroxylation sites is 1. The molecule has 0 saturated carbocycles. The number of carbonyl (C=O) groups is 4. The summed E-state index contributed by atoms with van der Waals surface area (Å²) in [6.45, 7) is 16.4. The summed E-state index contributed by atoms with van der Waals surface area (Å²) in [5.41, 5.74) is 0.963. The molecule has 14 nitrogen and oxygen atoms in total. The number of benzene rings is 4. The minimum Gasteiger partial charge on any atom is -0.497 e. The molecule has 15 heteroatoms. The first-order valence-corrected chi connectivity index (χ1v) is 22.5. The van der Waals surface area contributed by atoms with Gasteiger partial charge in [0.25, 0.3) is 15.9 Å². The Kier molecular flexibility index (Phi) is 13.5. The van der Waals surface area contributed by atoms with Crippen molar-refractivity contribution >= 4 is 50.4 Å². The molecular formula is C49H57N5O9S. The highest BCUT2D eigenvalue weighted by molar-refractivity contribution is 7.90. The molecule has 64 heavy (non-hydrogen) atoms. The normalized spacial score (nSPS) is 16.1. The monoisotopic (exact) mass is 891 g/mol. The molecule has 3 N–H and O–H groups in total. The highest BCUT2D eigenvalue weighted by Gasteiger charge is 2.46. The summed E-state index contributed by atoms with van der Waals surface area (Å²) in [7, 11) is -2.74. The maximum atomic E-state index is 14.8. The third-order valence-corrected chi connectivity index (χ3v) is 12.0. The zero-order valence-corrected chi connectivity index (χ0v) is 38.8. The summed E-state index contributed by atoms with van der Waals surface area (Å²) in [4.78, 5) is 62.4. The second kappa shape index (κ2) is 18.3. The quantitative estimate of drug-likeness (QED) is 0.117. The zero-order chi connectivity index (χ0) is 46.8. The number of anilines is 1. The number of pyridine rings is 1. The van der Waals surface area contributed by atoms with Gasteiger partial charge in [-0.15, -0.1) is 0 Å². The van der Waals surface area contributed by atoms with Crippen molar-refractivity contribution in [2.75, 3.05) is 19.0 Å². The molecular weight excluding hydrogens is 835 g/mol. The summed E-state index contributed by atoms with van der Waals surface area (Å²) in [6, 6.07) is 26.7. The van der Waals surface area contributed by atoms with E-state index in [-0.39, 0.29) is 34.5 Å². The average Bonchev–Trinajstić information content (AvgIpc) is 3.65. The smallest absolute Gasteiger partial charge is 0.408 e. The molecule has 338 valence electrons. The lowest BCUT2D eigenvalue weighted by Crippen LogP contribution is -2.57. The number of amides is 4. The largest absolute Gasteiger partial charge is 0.497 e. The maximum Gasteiger partial charge on any atom is 0.408 e. The Hall–Kier alpha value is -6.48. The fourth-order valence-electron chi connectivity index (χ4n) is 7.33. The predicted molar refractivity (Wildman–Crippen MR) is 246 cm³/mol. The Morgan fingerprint density at radius 1 is 0.812 bits per heavy atom. The topological polar surface area (TPSA) is 182 Å². The summed E-state index contributed by atoms with van der Waals surface area (Å²) in [5, 5.41) is 6.21. The van der Waals surface area contributed by atoms with Crippen LogP contribution >= 0.6 is 0 Å². The summed E-state index contributed by atoms with van der Waals surface area (Å²) >= 11 is 0. The van der Waals surface area contributed by atoms with Crippen LogP contribution in [0.25, 0.3) is 22.2 Å². The maximum absolute atomic E-state index is 14.8. The van der Waals surface area contributed by atoms with Gasteiger partial charge in [0, 0.05) is 29.5 Å². The lowest BCUT2D eigenvalue weighted by molar-refractivity contribution is -0.140. The molecule has 1 saturated heterocycles. The van der Waals surface area contributed by atoms with Crippen LogP contribution in [0.1, 0.15) is 84.7 Å². The van der Waals surface area contributed by atoms with Crippen LogP contribution in [0, 0.1) is 5.41 Å². The Balaban J connectivity index is 1.33. The van der Waals surface area contributed by atoms with Crippen LogP contribution in [-0.4, -0.2) is 79.6 Å². The molecule has 0 aliphatic carbocycles. The number of ether oxygens (including phenoxy) is 3. The van der Waals surface area contributed by atoms with Gasteiger partial charge < -0.3 is 29.7 Å². The van der Waals surface area contributed by atoms with Crippen molar-refractivity contribution in [1.29, 1.82) is 0 Å². The van der Waals surface area contributed by atoms with Crippen LogP contribution in [-0.2, 0) is 29.8 Å². The van der Waals surface area contributed by atoms with E-state index in [0.717, 1.165) is 11.1 Å². The number of alkyl carbamates (subject to hydrolysis) is 1. The second-order valence-electron chi connectivity index (χ2n) is 18.9. The number of methoxy groups -OCH3 is 1. The van der Waals surface area contributed by atoms with Gasteiger partial charge in [0.2, 0.25) is 11.8 Å². The summed E-state index contributed by atoms with van der Waals surface area (Å²) in [6.07, 6.45) is -1.54. The Labute approximate surface area is 375 Å². The van der Waals surface area contributed by atoms with Crippen LogP contribution in [0.4, 0.5) is 10.5 Å². The molecule has 4 amide bonds. The highest BCUT2D eigenvalue weighted by atomic mass is 32.2. The third-order valence-electron chi connectivity index (χ3n) is 10.7. The lowest BCUT2D eigenvalue weighted by Gasteiger charge is -2.35. The Bertz CT molecular complexity index is 2650. The lowest BCUT2D eigenvalue weighted by atomic mass is 9.85. The van der Waals surface area contributed by atoms with Crippen LogP contribution < -0.4 is 24.8 Å². The van der Waals surface area contributed by atoms with E-state index in [4.69, 9.17) is 19.2 Å². The van der Waals surface area contributed by atoms with Crippen molar-refractivity contribution in [1.82, 2.24) is 19.9 Å². The number of nitrogens with one attached hydrogen (secondary N) is 3. The molecule has 0 unspecified atom stereocenters. The molecule has 6 rings (SSSR count). The van der Waals surface area contributed by atoms with E-state index < -0.39 is 63.0 Å². The van der Waals surface area contributed by atoms with E-state index in [1.807, 2.05) is 63.2 Å². The second-order valence-corrected chi connectivity index (χ2v) is 20.6. The van der Waals surface area contributed by atoms with Crippen molar-refractivity contribution in [2.45, 2.75) is 103 Å². The zero-order valence-electron chi connectivity index (χ0n) is 37.9. The number of likely N-dealkylation sites (tertiary alicyclic amines) is 1. The van der Waals surface area contributed by atoms with Gasteiger partial charge >= 0.3 is 6.09 Å². The Morgan fingerprint density at radius 2 is 1.47 bits per heavy atom. The Morgan fingerprint density at radius 3 is 2.09 bits per heavy atom. The highest BCUT2D eigenvalue weighted by Crippen LogP contribution is 2.36. The molecule has 1 fully saturated rings. The van der Waals surface area contributed by atoms with Crippen molar-refractivity contribution in [3.63, 3.8) is 0 Å². The average molecular weight is 892 g/mol. The van der Waals surface area contributed by atoms with Crippen molar-refractivity contribution in [2.24, 2.45) is 5.41 Å². The van der Waals surface area contributed by atoms with Gasteiger partial charge in [-0.2, -0.15) is 0 Å². The number of aromatic nitrogens is 1. The fourth-order valence-corrected chi connectivity index (χ4v) is 8.29. The summed E-state index contributed by atoms with van der Waals surface area (Å²) in [5.74, 6) is -1.15. The van der Waals surface area contributed by atoms with E-state index in [1.165, 1.54) is 29.2 Å². The molecule has 0 bridgehead atoms. The number of nitrogens with zero attached hydrogens (tertiary/aromatic N) is 2. The molecule has 2 heterocycles. The third kappa shape index (κ3) is 11.2. The van der Waals surface area contributed by atoms with Crippen LogP contribution in [0.3, 0.4) is 0 Å². The van der Waals surface area contributed by atoms with Gasteiger partial charge in [0.1, 0.15) is 35.3 Å². The molecule has 1 aliphatic heterocycles. The number of hydrogen-bond donors (Lipinski definition) is 3. The minimum absolute atomic E-state index is 0.00875. The number of carbonyl (C=O) groups excluding carboxylic acids is 4. The number of hydrogen-bond acceptors (Lipinski definition) is 10. The van der Waals surface area contributed by atoms with Gasteiger partial charge in [-0.3, -0.25) is 14.4 Å². The van der Waals surface area contributed by atoms with Crippen LogP contribution in [0.2, 0.25) is 0 Å². The van der Waals surface area contributed by atoms with Crippen LogP contribution in [0.15, 0.2) is 108 Å². The van der Waals surface area contributed by atoms with E-state index in [2.05, 4.69) is 15.4 Å². The van der Waals surface area contributed by atoms with E-state index >= 15 is 0 Å². The first kappa shape index (κ1) is 47.0. The number of sulfonamides is 1. The molecule has 4 aromatic carbocycles. The molecule has 0 radical (unpaired) electrons. The molecule has 5 aromatic rings. The number of fused-ring (bicyclic) bond motifs is 1. The molecule has 1 aromatic heterocycles. The first-order valence-electron chi connectivity index (χ1n) is 21.0. The van der Waals surface area contributed by atoms with E-state index in [1.54, 1.807) is 85.1 Å². The van der Waals surface area contributed by atoms with Crippen molar-refractivity contribution in [3.05, 3.63) is 114 Å². The van der Waals surface area contributed by atoms with Gasteiger partial charge in [-0.1, -0.05) is 96.1 Å². The fraction of sp³-hybridized carbons (Fsp3) is 0.367. The van der Waals surface area contributed by atoms with Gasteiger partial charge in [0.15, 0.2) is 0 Å². The molecule has 3 atom stereocenters. The first-order chi connectivity index (χ1) is 29.9. The minimum atomic E-state index is -4.31. The SMILES string of the molecule is COc1ccc2c(O[C@@H]3C[C@H](C(=O)Nc4ccccc4C(=O)NS(=O)(=O)c4ccc(C(C)(C)C)cc4)N(C(=O)[C@@H](NC(=O)OC(C)(C)C)C(C)(C)C)C3)cc(-c3ccccc3)nc2c1. The van der Waals surface area contributed by atoms with Crippen molar-refractivity contribution in [3.8, 4) is 22.8 Å². The van der Waals surface area contributed by atoms with E-state index in [0.29, 0.717) is 28.1 Å². The van der Waals surface area contributed by atoms with Crippen LogP contribution in [0.5, 0.6) is 11.5 Å². The van der Waals surface area contributed by atoms with Gasteiger partial charge in [0.05, 0.1) is 41.0 Å². The van der Waals surface area contributed by atoms with Gasteiger partial charge in [-0.25, -0.2) is 22.9 Å².